The topological polar surface area (TPSA) is 174 Å². The molecule has 262 valence electrons. The number of nitro groups is 1. The second-order valence-corrected chi connectivity index (χ2v) is 16.4. The number of sulfonamides is 1. The number of nitrogens with zero attached hydrogens (tertiary/aromatic N) is 5. The molecular formula is C31H48N6O8S2. The lowest BCUT2D eigenvalue weighted by molar-refractivity contribution is -0.387. The Bertz CT molecular complexity index is 1460. The normalized spacial score (nSPS) is 14.4. The minimum Gasteiger partial charge on any atom is -0.444 e. The third-order valence-electron chi connectivity index (χ3n) is 7.21. The van der Waals surface area contributed by atoms with Crippen molar-refractivity contribution in [1.29, 1.82) is 0 Å². The average molecular weight is 697 g/mol. The number of nitro benzene ring substituents is 1. The van der Waals surface area contributed by atoms with E-state index in [0.717, 1.165) is 38.2 Å². The zero-order chi connectivity index (χ0) is 34.8. The minimum absolute atomic E-state index is 0.118. The number of para-hydroxylation sites is 1. The van der Waals surface area contributed by atoms with E-state index in [2.05, 4.69) is 14.9 Å². The number of rotatable bonds is 14. The van der Waals surface area contributed by atoms with Gasteiger partial charge in [-0.3, -0.25) is 10.1 Å². The fourth-order valence-corrected chi connectivity index (χ4v) is 7.22. The van der Waals surface area contributed by atoms with Crippen LogP contribution in [0, 0.1) is 10.1 Å². The molecule has 47 heavy (non-hydrogen) atoms. The Kier molecular flexibility index (Phi) is 13.5. The maximum absolute atomic E-state index is 13.1. The van der Waals surface area contributed by atoms with Crippen molar-refractivity contribution in [3.63, 3.8) is 0 Å². The first-order valence-electron chi connectivity index (χ1n) is 16.0. The van der Waals surface area contributed by atoms with Gasteiger partial charge in [-0.15, -0.1) is 21.5 Å². The van der Waals surface area contributed by atoms with E-state index in [1.54, 1.807) is 4.90 Å². The minimum atomic E-state index is -4.16. The molecule has 14 nitrogen and oxygen atoms in total. The zero-order valence-corrected chi connectivity index (χ0v) is 29.8. The van der Waals surface area contributed by atoms with Gasteiger partial charge in [-0.05, 0) is 73.3 Å². The molecule has 1 fully saturated rings. The quantitative estimate of drug-likeness (QED) is 0.181. The van der Waals surface area contributed by atoms with E-state index in [4.69, 9.17) is 9.47 Å². The van der Waals surface area contributed by atoms with E-state index in [9.17, 15) is 28.1 Å². The first-order chi connectivity index (χ1) is 21.9. The van der Waals surface area contributed by atoms with Crippen LogP contribution in [0.4, 0.5) is 15.3 Å². The number of hydrogen-bond donors (Lipinski definition) is 1. The molecule has 2 aromatic rings. The number of amides is 2. The number of benzene rings is 1. The highest BCUT2D eigenvalue weighted by Gasteiger charge is 2.30. The summed E-state index contributed by atoms with van der Waals surface area (Å²) in [6.07, 6.45) is 6.00. The number of aromatic nitrogens is 2. The molecule has 3 rings (SSSR count). The molecule has 1 aliphatic carbocycles. The number of carbonyl (C=O) groups excluding carboxylic acids is 2. The van der Waals surface area contributed by atoms with Crippen LogP contribution in [0.3, 0.4) is 0 Å². The average Bonchev–Trinajstić information content (AvgIpc) is 3.43. The van der Waals surface area contributed by atoms with E-state index in [-0.39, 0.29) is 18.7 Å². The van der Waals surface area contributed by atoms with Gasteiger partial charge in [0.25, 0.3) is 5.69 Å². The number of carbonyl (C=O) groups is 2. The first-order valence-corrected chi connectivity index (χ1v) is 18.3. The van der Waals surface area contributed by atoms with Gasteiger partial charge in [0.15, 0.2) is 4.90 Å². The summed E-state index contributed by atoms with van der Waals surface area (Å²) in [4.78, 5) is 39.8. The van der Waals surface area contributed by atoms with Gasteiger partial charge in [-0.25, -0.2) is 22.7 Å². The molecule has 0 atom stereocenters. The molecule has 16 heteroatoms. The van der Waals surface area contributed by atoms with Gasteiger partial charge in [0.2, 0.25) is 10.0 Å². The predicted molar refractivity (Wildman–Crippen MR) is 178 cm³/mol. The summed E-state index contributed by atoms with van der Waals surface area (Å²) < 4.78 is 39.2. The van der Waals surface area contributed by atoms with Gasteiger partial charge in [0.1, 0.15) is 21.2 Å². The Labute approximate surface area is 281 Å². The molecule has 0 bridgehead atoms. The second kappa shape index (κ2) is 16.6. The van der Waals surface area contributed by atoms with Crippen LogP contribution in [-0.2, 0) is 32.5 Å². The van der Waals surface area contributed by atoms with Crippen LogP contribution in [0.25, 0.3) is 0 Å². The van der Waals surface area contributed by atoms with Crippen molar-refractivity contribution in [3.05, 3.63) is 44.4 Å². The second-order valence-electron chi connectivity index (χ2n) is 13.5. The van der Waals surface area contributed by atoms with E-state index >= 15 is 0 Å². The number of ether oxygens (including phenoxy) is 2. The fourth-order valence-electron chi connectivity index (χ4n) is 5.14. The lowest BCUT2D eigenvalue weighted by atomic mass is 9.94. The highest BCUT2D eigenvalue weighted by molar-refractivity contribution is 7.89. The molecule has 1 heterocycles. The Balaban J connectivity index is 1.59. The smallest absolute Gasteiger partial charge is 0.410 e. The third kappa shape index (κ3) is 12.6. The number of aryl methyl sites for hydroxylation is 1. The summed E-state index contributed by atoms with van der Waals surface area (Å²) in [7, 11) is -4.16. The summed E-state index contributed by atoms with van der Waals surface area (Å²) in [6.45, 7) is 12.0. The Morgan fingerprint density at radius 3 is 2.17 bits per heavy atom. The maximum Gasteiger partial charge on any atom is 0.410 e. The molecule has 1 aromatic heterocycles. The lowest BCUT2D eigenvalue weighted by Gasteiger charge is -2.36. The highest BCUT2D eigenvalue weighted by atomic mass is 32.2. The van der Waals surface area contributed by atoms with Gasteiger partial charge in [-0.2, -0.15) is 0 Å². The molecule has 0 spiro atoms. The molecule has 1 N–H and O–H groups in total. The number of nitrogens with one attached hydrogen (secondary N) is 1. The van der Waals surface area contributed by atoms with E-state index in [1.165, 1.54) is 29.5 Å². The summed E-state index contributed by atoms with van der Waals surface area (Å²) in [5, 5.41) is 20.5. The van der Waals surface area contributed by atoms with E-state index in [0.29, 0.717) is 48.9 Å². The molecule has 1 saturated carbocycles. The van der Waals surface area contributed by atoms with Crippen LogP contribution in [0.1, 0.15) is 96.5 Å². The predicted octanol–water partition coefficient (Wildman–Crippen LogP) is 6.05. The standard InChI is InChI=1S/C31H48N6O8S2/c1-30(2,3)44-28(38)35(20-13-21-36(23-14-8-7-9-15-23)29(39)45-31(4,5)6)19-12-18-26-33-34-27(46-26)22-32-47(42,43)25-17-11-10-16-24(25)37(40)41/h10-11,16-17,23,32H,7-9,12-15,18-22H2,1-6H3. The lowest BCUT2D eigenvalue weighted by Crippen LogP contribution is -2.46. The number of hydrogen-bond acceptors (Lipinski definition) is 11. The van der Waals surface area contributed by atoms with Crippen LogP contribution in [0.5, 0.6) is 0 Å². The molecular weight excluding hydrogens is 649 g/mol. The van der Waals surface area contributed by atoms with Gasteiger partial charge < -0.3 is 19.3 Å². The Morgan fingerprint density at radius 2 is 1.53 bits per heavy atom. The molecule has 1 aliphatic rings. The van der Waals surface area contributed by atoms with Gasteiger partial charge in [0.05, 0.1) is 11.5 Å². The van der Waals surface area contributed by atoms with Crippen LogP contribution in [-0.4, -0.2) is 82.4 Å². The fraction of sp³-hybridized carbons (Fsp3) is 0.677. The molecule has 0 unspecified atom stereocenters. The van der Waals surface area contributed by atoms with Crippen molar-refractivity contribution in [2.45, 2.75) is 122 Å². The molecule has 2 amide bonds. The van der Waals surface area contributed by atoms with Crippen molar-refractivity contribution in [2.24, 2.45) is 0 Å². The van der Waals surface area contributed by atoms with Crippen LogP contribution >= 0.6 is 11.3 Å². The largest absolute Gasteiger partial charge is 0.444 e. The zero-order valence-electron chi connectivity index (χ0n) is 28.2. The molecule has 0 saturated heterocycles. The van der Waals surface area contributed by atoms with Crippen molar-refractivity contribution >= 4 is 39.2 Å². The van der Waals surface area contributed by atoms with Crippen molar-refractivity contribution < 1.29 is 32.4 Å². The van der Waals surface area contributed by atoms with Gasteiger partial charge in [-0.1, -0.05) is 31.4 Å². The molecule has 1 aromatic carbocycles. The maximum atomic E-state index is 13.1. The van der Waals surface area contributed by atoms with Gasteiger partial charge in [0, 0.05) is 38.2 Å². The van der Waals surface area contributed by atoms with Crippen LogP contribution < -0.4 is 4.72 Å². The van der Waals surface area contributed by atoms with Gasteiger partial charge >= 0.3 is 12.2 Å². The monoisotopic (exact) mass is 696 g/mol. The summed E-state index contributed by atoms with van der Waals surface area (Å²) in [5.74, 6) is 0. The molecule has 0 aliphatic heterocycles. The van der Waals surface area contributed by atoms with Crippen molar-refractivity contribution in [3.8, 4) is 0 Å². The van der Waals surface area contributed by atoms with Crippen LogP contribution in [0.2, 0.25) is 0 Å². The van der Waals surface area contributed by atoms with E-state index < -0.39 is 42.8 Å². The van der Waals surface area contributed by atoms with E-state index in [1.807, 2.05) is 46.4 Å². The molecule has 0 radical (unpaired) electrons. The van der Waals surface area contributed by atoms with Crippen molar-refractivity contribution in [1.82, 2.24) is 24.7 Å². The highest BCUT2D eigenvalue weighted by Crippen LogP contribution is 2.26. The summed E-state index contributed by atoms with van der Waals surface area (Å²) in [5.41, 5.74) is -1.80. The van der Waals surface area contributed by atoms with Crippen LogP contribution in [0.15, 0.2) is 29.2 Å². The Morgan fingerprint density at radius 1 is 0.936 bits per heavy atom. The summed E-state index contributed by atoms with van der Waals surface area (Å²) >= 11 is 1.22. The Hall–Kier alpha value is -3.37. The third-order valence-corrected chi connectivity index (χ3v) is 9.65. The first kappa shape index (κ1) is 38.1. The van der Waals surface area contributed by atoms with Crippen molar-refractivity contribution in [2.75, 3.05) is 19.6 Å². The summed E-state index contributed by atoms with van der Waals surface area (Å²) in [6, 6.07) is 5.24. The SMILES string of the molecule is CC(C)(C)OC(=O)N(CCCc1nnc(CNS(=O)(=O)c2ccccc2[N+](=O)[O-])s1)CCCN(C(=O)OC(C)(C)C)C1CCCCC1.